The Kier molecular flexibility index (Phi) is 4.92. The topological polar surface area (TPSA) is 72.5 Å². The van der Waals surface area contributed by atoms with E-state index in [1.807, 2.05) is 0 Å². The van der Waals surface area contributed by atoms with Crippen LogP contribution in [-0.4, -0.2) is 23.7 Å². The third-order valence-corrected chi connectivity index (χ3v) is 2.64. The molecule has 0 saturated heterocycles. The summed E-state index contributed by atoms with van der Waals surface area (Å²) in [5.74, 6) is -0.599. The van der Waals surface area contributed by atoms with Crippen molar-refractivity contribution in [3.63, 3.8) is 0 Å². The van der Waals surface area contributed by atoms with Gasteiger partial charge in [-0.2, -0.15) is 0 Å². The van der Waals surface area contributed by atoms with E-state index in [1.54, 1.807) is 31.2 Å². The summed E-state index contributed by atoms with van der Waals surface area (Å²) in [7, 11) is 0. The Labute approximate surface area is 103 Å². The van der Waals surface area contributed by atoms with Crippen LogP contribution in [0.3, 0.4) is 0 Å². The quantitative estimate of drug-likeness (QED) is 0.821. The molecular formula is C11H14BrNO3. The van der Waals surface area contributed by atoms with Crippen LogP contribution < -0.4 is 5.73 Å². The van der Waals surface area contributed by atoms with E-state index in [4.69, 9.17) is 10.5 Å². The molecule has 0 aliphatic rings. The van der Waals surface area contributed by atoms with E-state index in [0.717, 1.165) is 4.47 Å². The van der Waals surface area contributed by atoms with Crippen LogP contribution in [0.25, 0.3) is 0 Å². The number of nitrogens with two attached hydrogens (primary N) is 1. The molecule has 4 nitrogen and oxygen atoms in total. The first-order valence-electron chi connectivity index (χ1n) is 4.92. The summed E-state index contributed by atoms with van der Waals surface area (Å²) in [6.07, 6.45) is -1.05. The second-order valence-electron chi connectivity index (χ2n) is 3.27. The Morgan fingerprint density at radius 1 is 1.50 bits per heavy atom. The van der Waals surface area contributed by atoms with Gasteiger partial charge in [-0.3, -0.25) is 4.79 Å². The highest BCUT2D eigenvalue weighted by atomic mass is 79.9. The molecule has 0 bridgehead atoms. The molecule has 0 spiro atoms. The van der Waals surface area contributed by atoms with Gasteiger partial charge >= 0.3 is 5.97 Å². The standard InChI is InChI=1S/C11H14BrNO3/c1-2-16-11(15)9(13)10(14)7-3-5-8(12)6-4-7/h3-6,9-10,14H,2,13H2,1H3/t9-,10-/m0/s1. The summed E-state index contributed by atoms with van der Waals surface area (Å²) < 4.78 is 5.63. The van der Waals surface area contributed by atoms with Crippen LogP contribution in [-0.2, 0) is 9.53 Å². The van der Waals surface area contributed by atoms with Gasteiger partial charge in [0.25, 0.3) is 0 Å². The number of halogens is 1. The molecule has 1 aromatic rings. The van der Waals surface area contributed by atoms with E-state index in [9.17, 15) is 9.90 Å². The summed E-state index contributed by atoms with van der Waals surface area (Å²) in [6.45, 7) is 1.94. The predicted molar refractivity (Wildman–Crippen MR) is 63.7 cm³/mol. The van der Waals surface area contributed by atoms with Crippen molar-refractivity contribution in [3.05, 3.63) is 34.3 Å². The van der Waals surface area contributed by atoms with Gasteiger partial charge in [-0.05, 0) is 24.6 Å². The highest BCUT2D eigenvalue weighted by Crippen LogP contribution is 2.19. The number of rotatable bonds is 4. The largest absolute Gasteiger partial charge is 0.465 e. The van der Waals surface area contributed by atoms with Gasteiger partial charge in [0.2, 0.25) is 0 Å². The highest BCUT2D eigenvalue weighted by Gasteiger charge is 2.25. The Bertz CT molecular complexity index is 353. The number of aliphatic hydroxyl groups excluding tert-OH is 1. The molecule has 0 heterocycles. The molecule has 5 heteroatoms. The number of carbonyl (C=O) groups is 1. The number of aliphatic hydroxyl groups is 1. The van der Waals surface area contributed by atoms with Crippen LogP contribution in [0.15, 0.2) is 28.7 Å². The maximum atomic E-state index is 11.3. The van der Waals surface area contributed by atoms with E-state index in [1.165, 1.54) is 0 Å². The second-order valence-corrected chi connectivity index (χ2v) is 4.19. The first-order valence-corrected chi connectivity index (χ1v) is 5.71. The molecule has 0 fully saturated rings. The number of esters is 1. The molecular weight excluding hydrogens is 274 g/mol. The lowest BCUT2D eigenvalue weighted by atomic mass is 10.0. The van der Waals surface area contributed by atoms with Gasteiger partial charge in [0.1, 0.15) is 12.1 Å². The molecule has 0 saturated carbocycles. The van der Waals surface area contributed by atoms with Crippen molar-refractivity contribution in [1.82, 2.24) is 0 Å². The number of benzene rings is 1. The summed E-state index contributed by atoms with van der Waals surface area (Å²) in [5.41, 5.74) is 6.17. The van der Waals surface area contributed by atoms with Crippen LogP contribution in [0.1, 0.15) is 18.6 Å². The van der Waals surface area contributed by atoms with Crippen LogP contribution >= 0.6 is 15.9 Å². The molecule has 1 aromatic carbocycles. The van der Waals surface area contributed by atoms with Gasteiger partial charge in [0, 0.05) is 4.47 Å². The van der Waals surface area contributed by atoms with Crippen molar-refractivity contribution >= 4 is 21.9 Å². The third-order valence-electron chi connectivity index (χ3n) is 2.11. The number of carbonyl (C=O) groups excluding carboxylic acids is 1. The van der Waals surface area contributed by atoms with E-state index >= 15 is 0 Å². The lowest BCUT2D eigenvalue weighted by molar-refractivity contribution is -0.147. The molecule has 2 atom stereocenters. The monoisotopic (exact) mass is 287 g/mol. The smallest absolute Gasteiger partial charge is 0.325 e. The molecule has 0 aromatic heterocycles. The van der Waals surface area contributed by atoms with E-state index in [-0.39, 0.29) is 6.61 Å². The lowest BCUT2D eigenvalue weighted by Gasteiger charge is -2.17. The van der Waals surface area contributed by atoms with Gasteiger partial charge in [-0.15, -0.1) is 0 Å². The number of hydrogen-bond acceptors (Lipinski definition) is 4. The molecule has 16 heavy (non-hydrogen) atoms. The Morgan fingerprint density at radius 2 is 2.06 bits per heavy atom. The lowest BCUT2D eigenvalue weighted by Crippen LogP contribution is -2.38. The van der Waals surface area contributed by atoms with Crippen molar-refractivity contribution in [3.8, 4) is 0 Å². The molecule has 0 aliphatic carbocycles. The van der Waals surface area contributed by atoms with Gasteiger partial charge in [0.15, 0.2) is 0 Å². The normalized spacial score (nSPS) is 14.2. The average molecular weight is 288 g/mol. The van der Waals surface area contributed by atoms with Gasteiger partial charge in [-0.25, -0.2) is 0 Å². The predicted octanol–water partition coefficient (Wildman–Crippen LogP) is 1.37. The van der Waals surface area contributed by atoms with E-state index < -0.39 is 18.1 Å². The minimum atomic E-state index is -1.05. The first-order chi connectivity index (χ1) is 7.56. The molecule has 0 unspecified atom stereocenters. The van der Waals surface area contributed by atoms with Crippen LogP contribution in [0.5, 0.6) is 0 Å². The summed E-state index contributed by atoms with van der Waals surface area (Å²) in [6, 6.07) is 5.90. The Balaban J connectivity index is 2.73. The van der Waals surface area contributed by atoms with Gasteiger partial charge in [0.05, 0.1) is 6.61 Å². The minimum Gasteiger partial charge on any atom is -0.465 e. The Hall–Kier alpha value is -0.910. The SMILES string of the molecule is CCOC(=O)[C@@H](N)[C@@H](O)c1ccc(Br)cc1. The fraction of sp³-hybridized carbons (Fsp3) is 0.364. The van der Waals surface area contributed by atoms with E-state index in [2.05, 4.69) is 15.9 Å². The second kappa shape index (κ2) is 5.98. The fourth-order valence-corrected chi connectivity index (χ4v) is 1.50. The van der Waals surface area contributed by atoms with Gasteiger partial charge in [-0.1, -0.05) is 28.1 Å². The molecule has 1 rings (SSSR count). The molecule has 0 radical (unpaired) electrons. The maximum Gasteiger partial charge on any atom is 0.325 e. The van der Waals surface area contributed by atoms with Crippen molar-refractivity contribution in [1.29, 1.82) is 0 Å². The van der Waals surface area contributed by atoms with Crippen LogP contribution in [0, 0.1) is 0 Å². The molecule has 3 N–H and O–H groups in total. The third kappa shape index (κ3) is 3.30. The molecule has 0 amide bonds. The summed E-state index contributed by atoms with van der Waals surface area (Å²) in [5, 5.41) is 9.84. The summed E-state index contributed by atoms with van der Waals surface area (Å²) >= 11 is 3.28. The molecule has 0 aliphatic heterocycles. The fourth-order valence-electron chi connectivity index (χ4n) is 1.23. The first kappa shape index (κ1) is 13.2. The van der Waals surface area contributed by atoms with Crippen molar-refractivity contribution in [2.75, 3.05) is 6.61 Å². The minimum absolute atomic E-state index is 0.250. The maximum absolute atomic E-state index is 11.3. The number of ether oxygens (including phenoxy) is 1. The number of hydrogen-bond donors (Lipinski definition) is 2. The van der Waals surface area contributed by atoms with Crippen LogP contribution in [0.2, 0.25) is 0 Å². The van der Waals surface area contributed by atoms with Crippen LogP contribution in [0.4, 0.5) is 0 Å². The van der Waals surface area contributed by atoms with Gasteiger partial charge < -0.3 is 15.6 Å². The summed E-state index contributed by atoms with van der Waals surface area (Å²) in [4.78, 5) is 11.3. The van der Waals surface area contributed by atoms with Crippen molar-refractivity contribution in [2.45, 2.75) is 19.1 Å². The van der Waals surface area contributed by atoms with Crippen molar-refractivity contribution < 1.29 is 14.6 Å². The zero-order valence-electron chi connectivity index (χ0n) is 8.89. The van der Waals surface area contributed by atoms with E-state index in [0.29, 0.717) is 5.56 Å². The highest BCUT2D eigenvalue weighted by molar-refractivity contribution is 9.10. The average Bonchev–Trinajstić information content (AvgIpc) is 2.28. The zero-order valence-corrected chi connectivity index (χ0v) is 10.5. The zero-order chi connectivity index (χ0) is 12.1. The van der Waals surface area contributed by atoms with Crippen molar-refractivity contribution in [2.24, 2.45) is 5.73 Å². The molecule has 88 valence electrons. The Morgan fingerprint density at radius 3 is 2.56 bits per heavy atom.